The van der Waals surface area contributed by atoms with Gasteiger partial charge in [-0.1, -0.05) is 65.5 Å². The highest BCUT2D eigenvalue weighted by Crippen LogP contribution is 2.67. The highest BCUT2D eigenvalue weighted by atomic mass is 31.2. The minimum Gasteiger partial charge on any atom is -0.446 e. The summed E-state index contributed by atoms with van der Waals surface area (Å²) in [5.41, 5.74) is 2.22. The fourth-order valence-corrected chi connectivity index (χ4v) is 10.9. The number of nitrogens with one attached hydrogen (secondary N) is 1. The third-order valence-electron chi connectivity index (χ3n) is 13.0. The second-order valence-electron chi connectivity index (χ2n) is 16.4. The monoisotopic (exact) mass is 683 g/mol. The lowest BCUT2D eigenvalue weighted by atomic mass is 9.47. The van der Waals surface area contributed by atoms with E-state index in [1.54, 1.807) is 0 Å². The van der Waals surface area contributed by atoms with Crippen molar-refractivity contribution in [2.24, 2.45) is 46.3 Å². The minimum absolute atomic E-state index is 0.0980. The summed E-state index contributed by atoms with van der Waals surface area (Å²) >= 11 is 0. The first-order chi connectivity index (χ1) is 22.2. The van der Waals surface area contributed by atoms with Gasteiger partial charge in [0.1, 0.15) is 12.2 Å². The van der Waals surface area contributed by atoms with Crippen LogP contribution in [-0.2, 0) is 23.3 Å². The van der Waals surface area contributed by atoms with E-state index >= 15 is 0 Å². The molecule has 2 unspecified atom stereocenters. The van der Waals surface area contributed by atoms with E-state index in [1.807, 2.05) is 0 Å². The zero-order valence-electron chi connectivity index (χ0n) is 29.4. The normalized spacial score (nSPS) is 39.1. The number of carbonyl (C=O) groups excluding carboxylic acids is 1. The molecule has 270 valence electrons. The largest absolute Gasteiger partial charge is 0.469 e. The number of phosphoric ester groups is 1. The van der Waals surface area contributed by atoms with Gasteiger partial charge in [-0.25, -0.2) is 9.36 Å². The van der Waals surface area contributed by atoms with E-state index in [0.717, 1.165) is 54.8 Å². The Morgan fingerprint density at radius 1 is 1.09 bits per heavy atom. The number of hydrogen-bond acceptors (Lipinski definition) is 7. The van der Waals surface area contributed by atoms with Crippen LogP contribution in [0, 0.1) is 46.3 Å². The highest BCUT2D eigenvalue weighted by Gasteiger charge is 2.59. The lowest BCUT2D eigenvalue weighted by molar-refractivity contribution is -0.142. The van der Waals surface area contributed by atoms with Gasteiger partial charge in [0.2, 0.25) is 0 Å². The third-order valence-corrected chi connectivity index (χ3v) is 13.5. The number of ether oxygens (including phenoxy) is 3. The number of phosphoric acid groups is 1. The second-order valence-corrected chi connectivity index (χ2v) is 17.6. The predicted octanol–water partition coefficient (Wildman–Crippen LogP) is 7.11. The number of aliphatic hydroxyl groups is 1. The van der Waals surface area contributed by atoms with Gasteiger partial charge >= 0.3 is 13.9 Å². The molecule has 11 heteroatoms. The lowest BCUT2D eigenvalue weighted by Gasteiger charge is -2.58. The molecule has 10 nitrogen and oxygen atoms in total. The van der Waals surface area contributed by atoms with Gasteiger partial charge < -0.3 is 34.4 Å². The van der Waals surface area contributed by atoms with Gasteiger partial charge in [0, 0.05) is 19.4 Å². The van der Waals surface area contributed by atoms with Gasteiger partial charge in [0.25, 0.3) is 0 Å². The van der Waals surface area contributed by atoms with Gasteiger partial charge in [-0.15, -0.1) is 0 Å². The molecule has 4 aliphatic carbocycles. The van der Waals surface area contributed by atoms with Crippen molar-refractivity contribution in [1.29, 1.82) is 0 Å². The Morgan fingerprint density at radius 3 is 2.62 bits per heavy atom. The number of amides is 1. The number of aliphatic hydroxyl groups excluding tert-OH is 1. The van der Waals surface area contributed by atoms with Crippen molar-refractivity contribution < 1.29 is 43.0 Å². The van der Waals surface area contributed by atoms with Crippen LogP contribution in [0.5, 0.6) is 0 Å². The average molecular weight is 684 g/mol. The summed E-state index contributed by atoms with van der Waals surface area (Å²) < 4.78 is 32.3. The Hall–Kier alpha value is -1.00. The van der Waals surface area contributed by atoms with Crippen LogP contribution in [-0.4, -0.2) is 65.3 Å². The molecule has 1 aliphatic heterocycles. The van der Waals surface area contributed by atoms with E-state index in [-0.39, 0.29) is 17.9 Å². The Labute approximate surface area is 282 Å². The number of hydrogen-bond donors (Lipinski definition) is 4. The molecule has 1 saturated heterocycles. The van der Waals surface area contributed by atoms with Crippen LogP contribution in [0.3, 0.4) is 0 Å². The van der Waals surface area contributed by atoms with Crippen molar-refractivity contribution >= 4 is 13.9 Å². The highest BCUT2D eigenvalue weighted by molar-refractivity contribution is 7.46. The van der Waals surface area contributed by atoms with Crippen LogP contribution >= 0.6 is 7.82 Å². The fourth-order valence-electron chi connectivity index (χ4n) is 10.5. The first-order valence-corrected chi connectivity index (χ1v) is 20.0. The molecule has 0 aromatic carbocycles. The van der Waals surface area contributed by atoms with E-state index in [1.165, 1.54) is 56.9 Å². The number of alkyl carbamates (subject to hydrolysis) is 1. The summed E-state index contributed by atoms with van der Waals surface area (Å²) in [6.07, 6.45) is 13.9. The molecule has 1 heterocycles. The van der Waals surface area contributed by atoms with Gasteiger partial charge in [-0.2, -0.15) is 0 Å². The number of carbonyl (C=O) groups is 1. The predicted molar refractivity (Wildman–Crippen MR) is 179 cm³/mol. The summed E-state index contributed by atoms with van der Waals surface area (Å²) in [6, 6.07) is 0. The molecule has 47 heavy (non-hydrogen) atoms. The maximum atomic E-state index is 12.7. The van der Waals surface area contributed by atoms with E-state index in [2.05, 4.69) is 50.5 Å². The SMILES string of the molecule is CC(C)CCC[C@@H](C)[C@H]1CC[C@H]2[C@@H]3CC=C4CC(OC(=O)NCCCO[C@@H]5C[C@H](O)C(COP(=O)(O)O)O5)CC[C@]4(C)[C@H]3CC[C@]12C. The van der Waals surface area contributed by atoms with Gasteiger partial charge in [-0.05, 0) is 97.7 Å². The minimum atomic E-state index is -4.64. The zero-order valence-corrected chi connectivity index (χ0v) is 30.3. The van der Waals surface area contributed by atoms with E-state index in [4.69, 9.17) is 24.0 Å². The van der Waals surface area contributed by atoms with E-state index < -0.39 is 39.0 Å². The zero-order chi connectivity index (χ0) is 34.0. The third kappa shape index (κ3) is 8.84. The summed E-state index contributed by atoms with van der Waals surface area (Å²) in [5, 5.41) is 12.9. The summed E-state index contributed by atoms with van der Waals surface area (Å²) in [6.45, 7) is 12.6. The quantitative estimate of drug-likeness (QED) is 0.0855. The molecule has 0 bridgehead atoms. The molecule has 0 aromatic heterocycles. The van der Waals surface area contributed by atoms with Crippen LogP contribution in [0.15, 0.2) is 11.6 Å². The molecule has 1 amide bonds. The molecule has 4 N–H and O–H groups in total. The topological polar surface area (TPSA) is 144 Å². The molecular weight excluding hydrogens is 621 g/mol. The lowest BCUT2D eigenvalue weighted by Crippen LogP contribution is -2.51. The molecule has 5 aliphatic rings. The van der Waals surface area contributed by atoms with Crippen molar-refractivity contribution in [3.63, 3.8) is 0 Å². The van der Waals surface area contributed by atoms with Crippen LogP contribution < -0.4 is 5.32 Å². The van der Waals surface area contributed by atoms with Gasteiger partial charge in [-0.3, -0.25) is 4.52 Å². The number of allylic oxidation sites excluding steroid dienone is 1. The second kappa shape index (κ2) is 15.5. The average Bonchev–Trinajstić information content (AvgIpc) is 3.54. The molecule has 4 fully saturated rings. The van der Waals surface area contributed by atoms with Crippen LogP contribution in [0.1, 0.15) is 118 Å². The van der Waals surface area contributed by atoms with Crippen LogP contribution in [0.25, 0.3) is 0 Å². The van der Waals surface area contributed by atoms with E-state index in [0.29, 0.717) is 25.0 Å². The summed E-state index contributed by atoms with van der Waals surface area (Å²) in [5.74, 6) is 4.86. The van der Waals surface area contributed by atoms with Crippen molar-refractivity contribution in [3.05, 3.63) is 11.6 Å². The molecule has 3 saturated carbocycles. The van der Waals surface area contributed by atoms with E-state index in [9.17, 15) is 14.5 Å². The summed E-state index contributed by atoms with van der Waals surface area (Å²) in [4.78, 5) is 30.3. The Bertz CT molecular complexity index is 1140. The Morgan fingerprint density at radius 2 is 1.87 bits per heavy atom. The Kier molecular flexibility index (Phi) is 12.3. The maximum Gasteiger partial charge on any atom is 0.469 e. The molecular formula is C36H62NO9P. The van der Waals surface area contributed by atoms with Crippen molar-refractivity contribution in [3.8, 4) is 0 Å². The van der Waals surface area contributed by atoms with Crippen molar-refractivity contribution in [1.82, 2.24) is 5.32 Å². The van der Waals surface area contributed by atoms with Gasteiger partial charge in [0.05, 0.1) is 19.3 Å². The molecule has 11 atom stereocenters. The number of rotatable bonds is 14. The molecule has 0 aromatic rings. The molecule has 0 spiro atoms. The summed E-state index contributed by atoms with van der Waals surface area (Å²) in [7, 11) is -4.64. The first-order valence-electron chi connectivity index (χ1n) is 18.5. The fraction of sp³-hybridized carbons (Fsp3) is 0.917. The Balaban J connectivity index is 1.04. The van der Waals surface area contributed by atoms with Crippen LogP contribution in [0.4, 0.5) is 4.79 Å². The molecule has 0 radical (unpaired) electrons. The standard InChI is InChI=1S/C36H62NO9P/c1-23(2)8-6-9-24(3)28-12-13-29-27-11-10-25-20-26(14-16-35(25,4)30(27)15-17-36(28,29)5)45-34(39)37-18-7-19-43-33-21-31(38)32(46-33)22-44-47(40,41)42/h10,23-24,26-33,38H,6-9,11-22H2,1-5H3,(H,37,39)(H2,40,41,42)/t24-,26?,27+,28-,29+,30+,31+,32?,33+,35+,36-/m1/s1. The van der Waals surface area contributed by atoms with Crippen LogP contribution in [0.2, 0.25) is 0 Å². The first kappa shape index (κ1) is 37.3. The van der Waals surface area contributed by atoms with Crippen molar-refractivity contribution in [2.75, 3.05) is 19.8 Å². The van der Waals surface area contributed by atoms with Crippen molar-refractivity contribution in [2.45, 2.75) is 143 Å². The van der Waals surface area contributed by atoms with Gasteiger partial charge in [0.15, 0.2) is 6.29 Å². The maximum absolute atomic E-state index is 12.7. The smallest absolute Gasteiger partial charge is 0.446 e. The number of fused-ring (bicyclic) bond motifs is 5. The molecule has 5 rings (SSSR count).